The minimum absolute atomic E-state index is 0.696. The first kappa shape index (κ1) is 13.8. The molecule has 0 saturated carbocycles. The molecule has 0 aliphatic carbocycles. The third kappa shape index (κ3) is 3.88. The second-order valence-electron chi connectivity index (χ2n) is 4.60. The Morgan fingerprint density at radius 3 is 2.67 bits per heavy atom. The average Bonchev–Trinajstić information content (AvgIpc) is 3.00. The number of anilines is 1. The van der Waals surface area contributed by atoms with Crippen molar-refractivity contribution in [1.29, 1.82) is 0 Å². The van der Waals surface area contributed by atoms with Crippen LogP contribution in [0, 0.1) is 0 Å². The molecule has 2 aromatic heterocycles. The van der Waals surface area contributed by atoms with Crippen LogP contribution in [0.25, 0.3) is 0 Å². The molecule has 0 saturated heterocycles. The molecule has 0 fully saturated rings. The van der Waals surface area contributed by atoms with Crippen molar-refractivity contribution in [2.75, 3.05) is 5.32 Å². The Hall–Kier alpha value is -2.21. The van der Waals surface area contributed by atoms with Gasteiger partial charge in [0, 0.05) is 5.69 Å². The van der Waals surface area contributed by atoms with Gasteiger partial charge in [-0.05, 0) is 45.8 Å². The van der Waals surface area contributed by atoms with Crippen LogP contribution in [0.5, 0.6) is 0 Å². The molecular weight excluding hydrogens is 330 g/mol. The fraction of sp³-hybridized carbons (Fsp3) is 0.133. The molecule has 0 bridgehead atoms. The van der Waals surface area contributed by atoms with E-state index in [-0.39, 0.29) is 0 Å². The lowest BCUT2D eigenvalue weighted by Gasteiger charge is -2.07. The zero-order valence-electron chi connectivity index (χ0n) is 11.3. The Bertz CT molecular complexity index is 694. The maximum atomic E-state index is 4.39. The molecule has 1 aromatic carbocycles. The molecule has 0 atom stereocenters. The van der Waals surface area contributed by atoms with Crippen molar-refractivity contribution in [2.24, 2.45) is 0 Å². The first-order chi connectivity index (χ1) is 10.3. The third-order valence-electron chi connectivity index (χ3n) is 3.01. The summed E-state index contributed by atoms with van der Waals surface area (Å²) in [5, 5.41) is 7.45. The number of hydrogen-bond donors (Lipinski definition) is 1. The number of nitrogens with zero attached hydrogens (tertiary/aromatic N) is 4. The number of hydrogen-bond acceptors (Lipinski definition) is 4. The summed E-state index contributed by atoms with van der Waals surface area (Å²) in [6.45, 7) is 1.43. The summed E-state index contributed by atoms with van der Waals surface area (Å²) >= 11 is 3.37. The van der Waals surface area contributed by atoms with Crippen molar-refractivity contribution in [3.63, 3.8) is 0 Å². The highest BCUT2D eigenvalue weighted by Gasteiger charge is 1.99. The van der Waals surface area contributed by atoms with E-state index >= 15 is 0 Å². The molecule has 3 rings (SSSR count). The van der Waals surface area contributed by atoms with Crippen LogP contribution in [0.3, 0.4) is 0 Å². The standard InChI is InChI=1S/C15H14BrN5/c16-15-3-1-2-14(20-15)8-18-13-6-4-12(5-7-13)9-21-11-17-10-19-21/h1-7,10-11,18H,8-9H2. The van der Waals surface area contributed by atoms with Crippen LogP contribution in [-0.2, 0) is 13.1 Å². The summed E-state index contributed by atoms with van der Waals surface area (Å²) in [7, 11) is 0. The minimum atomic E-state index is 0.696. The van der Waals surface area contributed by atoms with Gasteiger partial charge in [0.15, 0.2) is 0 Å². The monoisotopic (exact) mass is 343 g/mol. The smallest absolute Gasteiger partial charge is 0.137 e. The quantitative estimate of drug-likeness (QED) is 0.723. The van der Waals surface area contributed by atoms with Gasteiger partial charge in [-0.3, -0.25) is 0 Å². The first-order valence-electron chi connectivity index (χ1n) is 6.56. The predicted molar refractivity (Wildman–Crippen MR) is 84.8 cm³/mol. The summed E-state index contributed by atoms with van der Waals surface area (Å²) < 4.78 is 2.65. The normalized spacial score (nSPS) is 10.5. The fourth-order valence-electron chi connectivity index (χ4n) is 1.97. The van der Waals surface area contributed by atoms with Gasteiger partial charge in [0.25, 0.3) is 0 Å². The van der Waals surface area contributed by atoms with Gasteiger partial charge >= 0.3 is 0 Å². The molecule has 1 N–H and O–H groups in total. The molecule has 0 unspecified atom stereocenters. The Kier molecular flexibility index (Phi) is 4.25. The maximum absolute atomic E-state index is 4.39. The summed E-state index contributed by atoms with van der Waals surface area (Å²) in [4.78, 5) is 8.33. The van der Waals surface area contributed by atoms with Gasteiger partial charge in [-0.15, -0.1) is 0 Å². The SMILES string of the molecule is Brc1cccc(CNc2ccc(Cn3cncn3)cc2)n1. The van der Waals surface area contributed by atoms with Crippen LogP contribution in [0.2, 0.25) is 0 Å². The van der Waals surface area contributed by atoms with Gasteiger partial charge in [-0.25, -0.2) is 14.6 Å². The highest BCUT2D eigenvalue weighted by Crippen LogP contribution is 2.12. The number of rotatable bonds is 5. The van der Waals surface area contributed by atoms with Crippen molar-refractivity contribution in [3.8, 4) is 0 Å². The molecule has 21 heavy (non-hydrogen) atoms. The van der Waals surface area contributed by atoms with Gasteiger partial charge in [0.05, 0.1) is 18.8 Å². The van der Waals surface area contributed by atoms with E-state index in [1.807, 2.05) is 18.2 Å². The van der Waals surface area contributed by atoms with Crippen molar-refractivity contribution < 1.29 is 0 Å². The molecule has 106 valence electrons. The zero-order chi connectivity index (χ0) is 14.5. The van der Waals surface area contributed by atoms with E-state index in [0.717, 1.165) is 22.5 Å². The molecule has 0 aliphatic heterocycles. The summed E-state index contributed by atoms with van der Waals surface area (Å²) in [6.07, 6.45) is 3.26. The second kappa shape index (κ2) is 6.49. The van der Waals surface area contributed by atoms with Crippen LogP contribution in [-0.4, -0.2) is 19.7 Å². The summed E-state index contributed by atoms with van der Waals surface area (Å²) in [6, 6.07) is 14.2. The molecule has 5 nitrogen and oxygen atoms in total. The molecule has 3 aromatic rings. The van der Waals surface area contributed by atoms with Gasteiger partial charge in [0.1, 0.15) is 17.3 Å². The highest BCUT2D eigenvalue weighted by molar-refractivity contribution is 9.10. The van der Waals surface area contributed by atoms with Crippen LogP contribution < -0.4 is 5.32 Å². The lowest BCUT2D eigenvalue weighted by atomic mass is 10.2. The number of aromatic nitrogens is 4. The van der Waals surface area contributed by atoms with Crippen LogP contribution in [0.15, 0.2) is 59.7 Å². The minimum Gasteiger partial charge on any atom is -0.379 e. The maximum Gasteiger partial charge on any atom is 0.137 e. The van der Waals surface area contributed by atoms with Crippen molar-refractivity contribution in [1.82, 2.24) is 19.7 Å². The van der Waals surface area contributed by atoms with E-state index in [2.05, 4.69) is 60.6 Å². The largest absolute Gasteiger partial charge is 0.379 e. The molecular formula is C15H14BrN5. The van der Waals surface area contributed by atoms with E-state index in [9.17, 15) is 0 Å². The zero-order valence-corrected chi connectivity index (χ0v) is 12.9. The molecule has 0 radical (unpaired) electrons. The van der Waals surface area contributed by atoms with Gasteiger partial charge < -0.3 is 5.32 Å². The second-order valence-corrected chi connectivity index (χ2v) is 5.41. The Labute approximate surface area is 131 Å². The average molecular weight is 344 g/mol. The third-order valence-corrected chi connectivity index (χ3v) is 3.45. The van der Waals surface area contributed by atoms with Gasteiger partial charge in [-0.2, -0.15) is 5.10 Å². The van der Waals surface area contributed by atoms with E-state index < -0.39 is 0 Å². The lowest BCUT2D eigenvalue weighted by molar-refractivity contribution is 0.685. The summed E-state index contributed by atoms with van der Waals surface area (Å²) in [5.74, 6) is 0. The van der Waals surface area contributed by atoms with Crippen LogP contribution in [0.1, 0.15) is 11.3 Å². The van der Waals surface area contributed by atoms with Crippen molar-refractivity contribution >= 4 is 21.6 Å². The number of pyridine rings is 1. The number of nitrogens with one attached hydrogen (secondary N) is 1. The van der Waals surface area contributed by atoms with Crippen LogP contribution in [0.4, 0.5) is 5.69 Å². The number of benzene rings is 1. The highest BCUT2D eigenvalue weighted by atomic mass is 79.9. The van der Waals surface area contributed by atoms with E-state index in [1.54, 1.807) is 17.3 Å². The molecule has 0 amide bonds. The van der Waals surface area contributed by atoms with Gasteiger partial charge in [0.2, 0.25) is 0 Å². The van der Waals surface area contributed by atoms with E-state index in [1.165, 1.54) is 5.56 Å². The van der Waals surface area contributed by atoms with Gasteiger partial charge in [-0.1, -0.05) is 18.2 Å². The molecule has 0 aliphatic rings. The Morgan fingerprint density at radius 1 is 1.10 bits per heavy atom. The molecule has 0 spiro atoms. The summed E-state index contributed by atoms with van der Waals surface area (Å²) in [5.41, 5.74) is 3.25. The Morgan fingerprint density at radius 2 is 1.95 bits per heavy atom. The van der Waals surface area contributed by atoms with Crippen molar-refractivity contribution in [3.05, 3.63) is 71.0 Å². The molecule has 2 heterocycles. The predicted octanol–water partition coefficient (Wildman–Crippen LogP) is 3.10. The van der Waals surface area contributed by atoms with Crippen molar-refractivity contribution in [2.45, 2.75) is 13.1 Å². The first-order valence-corrected chi connectivity index (χ1v) is 7.35. The van der Waals surface area contributed by atoms with Crippen LogP contribution >= 0.6 is 15.9 Å². The fourth-order valence-corrected chi connectivity index (χ4v) is 2.35. The number of halogens is 1. The van der Waals surface area contributed by atoms with E-state index in [0.29, 0.717) is 6.54 Å². The van der Waals surface area contributed by atoms with E-state index in [4.69, 9.17) is 0 Å². The molecule has 6 heteroatoms. The topological polar surface area (TPSA) is 55.6 Å². The lowest BCUT2D eigenvalue weighted by Crippen LogP contribution is -2.03. The Balaban J connectivity index is 1.59.